The number of nitrogens with one attached hydrogen (secondary N) is 1. The summed E-state index contributed by atoms with van der Waals surface area (Å²) in [5, 5.41) is 2.85. The second-order valence-electron chi connectivity index (χ2n) is 8.70. The number of urea groups is 1. The molecule has 4 amide bonds. The van der Waals surface area contributed by atoms with E-state index in [4.69, 9.17) is 14.2 Å². The number of piperidine rings is 1. The maximum atomic E-state index is 13.1. The summed E-state index contributed by atoms with van der Waals surface area (Å²) in [5.74, 6) is 1.27. The highest BCUT2D eigenvalue weighted by molar-refractivity contribution is 6.10. The molecule has 1 atom stereocenters. The first-order chi connectivity index (χ1) is 15.4. The van der Waals surface area contributed by atoms with Crippen molar-refractivity contribution in [1.29, 1.82) is 0 Å². The second-order valence-corrected chi connectivity index (χ2v) is 8.70. The zero-order valence-electron chi connectivity index (χ0n) is 18.9. The van der Waals surface area contributed by atoms with Gasteiger partial charge in [0.1, 0.15) is 17.7 Å². The molecule has 174 valence electrons. The molecule has 1 saturated carbocycles. The molecule has 0 bridgehead atoms. The Kier molecular flexibility index (Phi) is 6.17. The lowest BCUT2D eigenvalue weighted by atomic mass is 9.97. The Hall–Kier alpha value is -2.97. The van der Waals surface area contributed by atoms with Crippen LogP contribution in [0.3, 0.4) is 0 Å². The third-order valence-electron chi connectivity index (χ3n) is 6.82. The van der Waals surface area contributed by atoms with E-state index in [9.17, 15) is 14.4 Å². The van der Waals surface area contributed by atoms with Gasteiger partial charge in [0.25, 0.3) is 5.91 Å². The van der Waals surface area contributed by atoms with Gasteiger partial charge < -0.3 is 24.4 Å². The fraction of sp³-hybridized carbons (Fsp3) is 0.609. The van der Waals surface area contributed by atoms with E-state index in [1.54, 1.807) is 26.0 Å². The summed E-state index contributed by atoms with van der Waals surface area (Å²) in [6.07, 6.45) is 4.26. The second kappa shape index (κ2) is 8.88. The van der Waals surface area contributed by atoms with E-state index in [0.717, 1.165) is 17.7 Å². The van der Waals surface area contributed by atoms with Crippen molar-refractivity contribution < 1.29 is 28.6 Å². The third kappa shape index (κ3) is 3.84. The van der Waals surface area contributed by atoms with Crippen LogP contribution in [0.15, 0.2) is 18.2 Å². The molecule has 3 fully saturated rings. The summed E-state index contributed by atoms with van der Waals surface area (Å²) < 4.78 is 17.0. The maximum absolute atomic E-state index is 13.1. The topological polar surface area (TPSA) is 97.4 Å². The smallest absolute Gasteiger partial charge is 0.325 e. The zero-order valence-corrected chi connectivity index (χ0v) is 18.9. The number of ether oxygens (including phenoxy) is 3. The minimum absolute atomic E-state index is 0.0990. The SMILES string of the molecule is COc1cccc(OC)c1OC1CCN(C(=O)C(C)N2C(=O)NC3(CCCC3)C2=O)CC1. The van der Waals surface area contributed by atoms with Gasteiger partial charge in [0.15, 0.2) is 11.5 Å². The van der Waals surface area contributed by atoms with Crippen molar-refractivity contribution >= 4 is 17.8 Å². The van der Waals surface area contributed by atoms with Crippen molar-refractivity contribution in [3.05, 3.63) is 18.2 Å². The van der Waals surface area contributed by atoms with E-state index >= 15 is 0 Å². The van der Waals surface area contributed by atoms with Crippen LogP contribution in [0.4, 0.5) is 4.79 Å². The molecular formula is C23H31N3O6. The largest absolute Gasteiger partial charge is 0.493 e. The lowest BCUT2D eigenvalue weighted by Gasteiger charge is -2.35. The molecule has 0 aromatic heterocycles. The first-order valence-electron chi connectivity index (χ1n) is 11.2. The third-order valence-corrected chi connectivity index (χ3v) is 6.82. The van der Waals surface area contributed by atoms with Gasteiger partial charge >= 0.3 is 6.03 Å². The normalized spacial score (nSPS) is 21.6. The average Bonchev–Trinajstić information content (AvgIpc) is 3.37. The van der Waals surface area contributed by atoms with Gasteiger partial charge in [0.05, 0.1) is 14.2 Å². The van der Waals surface area contributed by atoms with E-state index < -0.39 is 17.6 Å². The molecule has 1 aliphatic carbocycles. The van der Waals surface area contributed by atoms with Gasteiger partial charge in [-0.2, -0.15) is 0 Å². The first kappa shape index (κ1) is 22.2. The lowest BCUT2D eigenvalue weighted by Crippen LogP contribution is -2.53. The average molecular weight is 446 g/mol. The highest BCUT2D eigenvalue weighted by Crippen LogP contribution is 2.39. The van der Waals surface area contributed by atoms with Crippen LogP contribution in [0.5, 0.6) is 17.2 Å². The molecule has 32 heavy (non-hydrogen) atoms. The predicted octanol–water partition coefficient (Wildman–Crippen LogP) is 2.33. The minimum Gasteiger partial charge on any atom is -0.493 e. The van der Waals surface area contributed by atoms with Crippen LogP contribution in [0, 0.1) is 0 Å². The Balaban J connectivity index is 1.37. The molecule has 2 saturated heterocycles. The zero-order chi connectivity index (χ0) is 22.9. The molecule has 0 radical (unpaired) electrons. The van der Waals surface area contributed by atoms with Gasteiger partial charge in [-0.3, -0.25) is 9.59 Å². The van der Waals surface area contributed by atoms with Gasteiger partial charge in [-0.15, -0.1) is 0 Å². The quantitative estimate of drug-likeness (QED) is 0.675. The minimum atomic E-state index is -0.825. The van der Waals surface area contributed by atoms with E-state index in [1.807, 2.05) is 18.2 Å². The molecule has 1 aromatic carbocycles. The molecule has 1 unspecified atom stereocenters. The Bertz CT molecular complexity index is 867. The number of imide groups is 1. The Morgan fingerprint density at radius 2 is 1.69 bits per heavy atom. The van der Waals surface area contributed by atoms with Gasteiger partial charge in [0.2, 0.25) is 11.7 Å². The van der Waals surface area contributed by atoms with Crippen LogP contribution in [-0.4, -0.2) is 72.6 Å². The molecule has 4 rings (SSSR count). The molecule has 3 aliphatic rings. The summed E-state index contributed by atoms with van der Waals surface area (Å²) in [5.41, 5.74) is -0.805. The summed E-state index contributed by atoms with van der Waals surface area (Å²) in [7, 11) is 3.16. The maximum Gasteiger partial charge on any atom is 0.325 e. The van der Waals surface area contributed by atoms with E-state index in [1.165, 1.54) is 0 Å². The van der Waals surface area contributed by atoms with Crippen molar-refractivity contribution in [3.8, 4) is 17.2 Å². The first-order valence-corrected chi connectivity index (χ1v) is 11.2. The van der Waals surface area contributed by atoms with E-state index in [-0.39, 0.29) is 17.9 Å². The molecule has 1 N–H and O–H groups in total. The number of nitrogens with zero attached hydrogens (tertiary/aromatic N) is 2. The molecular weight excluding hydrogens is 414 g/mol. The molecule has 1 spiro atoms. The van der Waals surface area contributed by atoms with Crippen LogP contribution in [0.1, 0.15) is 45.4 Å². The molecule has 2 aliphatic heterocycles. The number of carbonyl (C=O) groups excluding carboxylic acids is 3. The highest BCUT2D eigenvalue weighted by atomic mass is 16.5. The van der Waals surface area contributed by atoms with E-state index in [0.29, 0.717) is 56.0 Å². The molecule has 9 nitrogen and oxygen atoms in total. The van der Waals surface area contributed by atoms with Gasteiger partial charge in [-0.25, -0.2) is 9.69 Å². The summed E-state index contributed by atoms with van der Waals surface area (Å²) in [6, 6.07) is 4.17. The number of rotatable bonds is 6. The molecule has 9 heteroatoms. The van der Waals surface area contributed by atoms with Crippen molar-refractivity contribution in [3.63, 3.8) is 0 Å². The number of para-hydroxylation sites is 1. The van der Waals surface area contributed by atoms with E-state index in [2.05, 4.69) is 5.32 Å². The fourth-order valence-corrected chi connectivity index (χ4v) is 4.98. The van der Waals surface area contributed by atoms with Gasteiger partial charge in [-0.05, 0) is 31.9 Å². The Labute approximate surface area is 188 Å². The number of methoxy groups -OCH3 is 2. The number of carbonyl (C=O) groups is 3. The number of likely N-dealkylation sites (tertiary alicyclic amines) is 1. The monoisotopic (exact) mass is 445 g/mol. The predicted molar refractivity (Wildman–Crippen MR) is 116 cm³/mol. The Morgan fingerprint density at radius 1 is 1.09 bits per heavy atom. The van der Waals surface area contributed by atoms with Gasteiger partial charge in [0, 0.05) is 25.9 Å². The lowest BCUT2D eigenvalue weighted by molar-refractivity contribution is -0.144. The Morgan fingerprint density at radius 3 is 2.25 bits per heavy atom. The summed E-state index contributed by atoms with van der Waals surface area (Å²) in [4.78, 5) is 41.5. The van der Waals surface area contributed by atoms with Crippen molar-refractivity contribution in [2.75, 3.05) is 27.3 Å². The van der Waals surface area contributed by atoms with Crippen LogP contribution in [0.25, 0.3) is 0 Å². The molecule has 2 heterocycles. The number of benzene rings is 1. The number of hydrogen-bond donors (Lipinski definition) is 1. The fourth-order valence-electron chi connectivity index (χ4n) is 4.98. The summed E-state index contributed by atoms with van der Waals surface area (Å²) in [6.45, 7) is 2.61. The van der Waals surface area contributed by atoms with Gasteiger partial charge in [-0.1, -0.05) is 18.9 Å². The summed E-state index contributed by atoms with van der Waals surface area (Å²) >= 11 is 0. The molecule has 1 aromatic rings. The van der Waals surface area contributed by atoms with Crippen LogP contribution in [0.2, 0.25) is 0 Å². The number of hydrogen-bond acceptors (Lipinski definition) is 6. The highest BCUT2D eigenvalue weighted by Gasteiger charge is 2.54. The number of amides is 4. The van der Waals surface area contributed by atoms with Crippen LogP contribution >= 0.6 is 0 Å². The standard InChI is InChI=1S/C23H31N3O6/c1-15(26-21(28)23(24-22(26)29)11-4-5-12-23)20(27)25-13-9-16(10-14-25)32-19-17(30-2)7-6-8-18(19)31-3/h6-8,15-16H,4-5,9-14H2,1-3H3,(H,24,29). The van der Waals surface area contributed by atoms with Crippen LogP contribution < -0.4 is 19.5 Å². The van der Waals surface area contributed by atoms with Crippen molar-refractivity contribution in [2.45, 2.75) is 63.1 Å². The van der Waals surface area contributed by atoms with Crippen molar-refractivity contribution in [1.82, 2.24) is 15.1 Å². The van der Waals surface area contributed by atoms with Crippen LogP contribution in [-0.2, 0) is 9.59 Å². The van der Waals surface area contributed by atoms with Crippen molar-refractivity contribution in [2.24, 2.45) is 0 Å².